The average Bonchev–Trinajstić information content (AvgIpc) is 4.06. The highest BCUT2D eigenvalue weighted by atomic mass is 32.1. The van der Waals surface area contributed by atoms with Crippen molar-refractivity contribution in [3.8, 4) is 44.5 Å². The van der Waals surface area contributed by atoms with Gasteiger partial charge in [0.2, 0.25) is 0 Å². The lowest BCUT2D eigenvalue weighted by Crippen LogP contribution is -2.09. The van der Waals surface area contributed by atoms with E-state index in [9.17, 15) is 0 Å². The van der Waals surface area contributed by atoms with Crippen LogP contribution in [0.3, 0.4) is 0 Å². The van der Waals surface area contributed by atoms with Crippen molar-refractivity contribution in [2.45, 2.75) is 0 Å². The molecule has 0 bridgehead atoms. The minimum Gasteiger partial charge on any atom is -0.456 e. The van der Waals surface area contributed by atoms with E-state index in [2.05, 4.69) is 205 Å². The van der Waals surface area contributed by atoms with Crippen molar-refractivity contribution in [1.82, 2.24) is 0 Å². The van der Waals surface area contributed by atoms with Crippen LogP contribution in [0.25, 0.3) is 109 Å². The van der Waals surface area contributed by atoms with Crippen LogP contribution in [0.2, 0.25) is 0 Å². The van der Waals surface area contributed by atoms with Gasteiger partial charge in [0, 0.05) is 58.8 Å². The lowest BCUT2D eigenvalue weighted by atomic mass is 9.97. The molecule has 300 valence electrons. The Kier molecular flexibility index (Phi) is 8.40. The monoisotopic (exact) mass is 835 g/mol. The zero-order valence-corrected chi connectivity index (χ0v) is 35.4. The van der Waals surface area contributed by atoms with Crippen LogP contribution >= 0.6 is 11.3 Å². The first-order valence-corrected chi connectivity index (χ1v) is 22.5. The Morgan fingerprint density at radius 3 is 1.28 bits per heavy atom. The number of nitrogens with zero attached hydrogens (tertiary/aromatic N) is 1. The molecular formula is C60H37NO2S. The van der Waals surface area contributed by atoms with Crippen molar-refractivity contribution in [2.24, 2.45) is 0 Å². The fraction of sp³-hybridized carbons (Fsp3) is 0. The van der Waals surface area contributed by atoms with E-state index in [0.29, 0.717) is 0 Å². The zero-order valence-electron chi connectivity index (χ0n) is 34.5. The van der Waals surface area contributed by atoms with Crippen molar-refractivity contribution in [1.29, 1.82) is 0 Å². The van der Waals surface area contributed by atoms with Crippen molar-refractivity contribution in [3.63, 3.8) is 0 Å². The van der Waals surface area contributed by atoms with E-state index >= 15 is 0 Å². The quantitative estimate of drug-likeness (QED) is 0.160. The first kappa shape index (κ1) is 36.5. The van der Waals surface area contributed by atoms with Crippen molar-refractivity contribution < 1.29 is 8.83 Å². The summed E-state index contributed by atoms with van der Waals surface area (Å²) in [6.07, 6.45) is 0. The van der Waals surface area contributed by atoms with Gasteiger partial charge >= 0.3 is 0 Å². The molecule has 0 saturated carbocycles. The van der Waals surface area contributed by atoms with Gasteiger partial charge in [-0.3, -0.25) is 0 Å². The van der Waals surface area contributed by atoms with Crippen LogP contribution < -0.4 is 4.90 Å². The smallest absolute Gasteiger partial charge is 0.136 e. The Morgan fingerprint density at radius 1 is 0.281 bits per heavy atom. The maximum absolute atomic E-state index is 6.26. The van der Waals surface area contributed by atoms with Crippen LogP contribution in [0.5, 0.6) is 0 Å². The molecule has 0 aliphatic heterocycles. The maximum Gasteiger partial charge on any atom is 0.136 e. The van der Waals surface area contributed by atoms with Gasteiger partial charge in [0.1, 0.15) is 22.3 Å². The van der Waals surface area contributed by atoms with Gasteiger partial charge in [-0.1, -0.05) is 146 Å². The molecule has 13 aromatic rings. The Morgan fingerprint density at radius 2 is 0.703 bits per heavy atom. The largest absolute Gasteiger partial charge is 0.456 e. The summed E-state index contributed by atoms with van der Waals surface area (Å²) in [5, 5.41) is 7.17. The summed E-state index contributed by atoms with van der Waals surface area (Å²) in [7, 11) is 0. The molecule has 10 aromatic carbocycles. The second kappa shape index (κ2) is 14.7. The van der Waals surface area contributed by atoms with Gasteiger partial charge < -0.3 is 13.7 Å². The highest BCUT2D eigenvalue weighted by molar-refractivity contribution is 7.25. The van der Waals surface area contributed by atoms with Crippen LogP contribution in [-0.4, -0.2) is 0 Å². The van der Waals surface area contributed by atoms with E-state index in [1.54, 1.807) is 0 Å². The van der Waals surface area contributed by atoms with E-state index in [-0.39, 0.29) is 0 Å². The fourth-order valence-corrected chi connectivity index (χ4v) is 10.8. The number of fused-ring (bicyclic) bond motifs is 9. The molecule has 13 rings (SSSR count). The van der Waals surface area contributed by atoms with Crippen molar-refractivity contribution >= 4 is 92.4 Å². The summed E-state index contributed by atoms with van der Waals surface area (Å²) in [4.78, 5) is 2.34. The second-order valence-corrected chi connectivity index (χ2v) is 17.5. The molecule has 3 nitrogen and oxygen atoms in total. The Bertz CT molecular complexity index is 3730. The van der Waals surface area contributed by atoms with E-state index < -0.39 is 0 Å². The summed E-state index contributed by atoms with van der Waals surface area (Å²) >= 11 is 1.86. The summed E-state index contributed by atoms with van der Waals surface area (Å²) in [5.74, 6) is 0. The van der Waals surface area contributed by atoms with Gasteiger partial charge in [0.25, 0.3) is 0 Å². The number of benzene rings is 10. The molecule has 0 fully saturated rings. The first-order valence-electron chi connectivity index (χ1n) is 21.6. The molecule has 0 radical (unpaired) electrons. The minimum atomic E-state index is 0.895. The lowest BCUT2D eigenvalue weighted by molar-refractivity contribution is 0.668. The molecule has 4 heteroatoms. The van der Waals surface area contributed by atoms with Crippen LogP contribution in [-0.2, 0) is 0 Å². The molecule has 64 heavy (non-hydrogen) atoms. The van der Waals surface area contributed by atoms with Crippen molar-refractivity contribution in [3.05, 3.63) is 224 Å². The first-order chi connectivity index (χ1) is 31.7. The number of anilines is 3. The molecule has 0 aliphatic carbocycles. The molecule has 3 heterocycles. The maximum atomic E-state index is 6.26. The number of hydrogen-bond acceptors (Lipinski definition) is 4. The molecule has 0 atom stereocenters. The van der Waals surface area contributed by atoms with Gasteiger partial charge in [0.05, 0.1) is 0 Å². The van der Waals surface area contributed by atoms with Crippen molar-refractivity contribution in [2.75, 3.05) is 4.90 Å². The van der Waals surface area contributed by atoms with E-state index in [0.717, 1.165) is 83.2 Å². The third kappa shape index (κ3) is 6.03. The molecule has 0 aliphatic rings. The highest BCUT2D eigenvalue weighted by Gasteiger charge is 2.18. The second-order valence-electron chi connectivity index (χ2n) is 16.4. The number of furan rings is 2. The lowest BCUT2D eigenvalue weighted by Gasteiger charge is -2.26. The molecule has 0 saturated heterocycles. The molecule has 0 unspecified atom stereocenters. The van der Waals surface area contributed by atoms with E-state index in [4.69, 9.17) is 8.83 Å². The molecule has 3 aromatic heterocycles. The fourth-order valence-electron chi connectivity index (χ4n) is 9.64. The molecule has 0 N–H and O–H groups in total. The van der Waals surface area contributed by atoms with Gasteiger partial charge in [0.15, 0.2) is 0 Å². The Hall–Kier alpha value is -8.18. The molecular weight excluding hydrogens is 799 g/mol. The van der Waals surface area contributed by atoms with Gasteiger partial charge in [-0.2, -0.15) is 0 Å². The number of hydrogen-bond donors (Lipinski definition) is 0. The summed E-state index contributed by atoms with van der Waals surface area (Å²) in [6.45, 7) is 0. The summed E-state index contributed by atoms with van der Waals surface area (Å²) < 4.78 is 15.2. The van der Waals surface area contributed by atoms with Crippen LogP contribution in [0.4, 0.5) is 17.1 Å². The van der Waals surface area contributed by atoms with E-state index in [1.165, 1.54) is 42.4 Å². The van der Waals surface area contributed by atoms with Gasteiger partial charge in [-0.25, -0.2) is 0 Å². The number of para-hydroxylation sites is 2. The predicted octanol–water partition coefficient (Wildman–Crippen LogP) is 18.0. The van der Waals surface area contributed by atoms with Crippen LogP contribution in [0, 0.1) is 0 Å². The van der Waals surface area contributed by atoms with Gasteiger partial charge in [-0.05, 0) is 123 Å². The standard InChI is InChI=1S/C60H37NO2S/c1-4-17-53-51(13-1)59-47(15-8-19-55(59)62-53)39-24-31-45(32-25-39)61(46-33-26-40(27-34-46)48-16-9-20-56-60(48)52-14-2-5-18-54(52)63-56)44-29-22-38(23-30-44)41-10-7-11-42(36-41)43-28-35-50-49-12-3-6-21-57(49)64-58(50)37-43/h1-37H. The number of rotatable bonds is 7. The summed E-state index contributed by atoms with van der Waals surface area (Å²) in [5.41, 5.74) is 16.2. The normalized spacial score (nSPS) is 11.8. The average molecular weight is 836 g/mol. The molecule has 0 amide bonds. The third-order valence-electron chi connectivity index (χ3n) is 12.7. The Balaban J connectivity index is 0.880. The Labute approximate surface area is 373 Å². The SMILES string of the molecule is c1cc(-c2ccc(N(c3ccc(-c4cccc5oc6ccccc6c45)cc3)c3ccc(-c4cccc5oc6ccccc6c45)cc3)cc2)cc(-c2ccc3c(c2)sc2ccccc23)c1. The van der Waals surface area contributed by atoms with Crippen LogP contribution in [0.15, 0.2) is 233 Å². The summed E-state index contributed by atoms with van der Waals surface area (Å²) in [6, 6.07) is 80.5. The van der Waals surface area contributed by atoms with Crippen LogP contribution in [0.1, 0.15) is 0 Å². The van der Waals surface area contributed by atoms with E-state index in [1.807, 2.05) is 35.6 Å². The number of thiophene rings is 1. The minimum absolute atomic E-state index is 0.895. The van der Waals surface area contributed by atoms with Gasteiger partial charge in [-0.15, -0.1) is 11.3 Å². The predicted molar refractivity (Wildman–Crippen MR) is 270 cm³/mol. The molecule has 0 spiro atoms. The highest BCUT2D eigenvalue weighted by Crippen LogP contribution is 2.43. The topological polar surface area (TPSA) is 29.5 Å². The zero-order chi connectivity index (χ0) is 42.1. The third-order valence-corrected chi connectivity index (χ3v) is 13.8.